The SMILES string of the molecule is COc1ccc(C(=O)OCC(=O)Nc2cccc(C)c2)cc1. The lowest BCUT2D eigenvalue weighted by Gasteiger charge is -2.07. The molecule has 0 heterocycles. The number of rotatable bonds is 5. The average molecular weight is 299 g/mol. The maximum Gasteiger partial charge on any atom is 0.338 e. The number of ether oxygens (including phenoxy) is 2. The molecule has 0 saturated carbocycles. The van der Waals surface area contributed by atoms with Gasteiger partial charge >= 0.3 is 5.97 Å². The third-order valence-corrected chi connectivity index (χ3v) is 2.96. The van der Waals surface area contributed by atoms with Crippen LogP contribution in [-0.4, -0.2) is 25.6 Å². The fraction of sp³-hybridized carbons (Fsp3) is 0.176. The minimum atomic E-state index is -0.554. The molecule has 1 N–H and O–H groups in total. The Morgan fingerprint density at radius 2 is 1.82 bits per heavy atom. The summed E-state index contributed by atoms with van der Waals surface area (Å²) >= 11 is 0. The molecule has 0 saturated heterocycles. The first-order chi connectivity index (χ1) is 10.6. The van der Waals surface area contributed by atoms with Gasteiger partial charge in [-0.05, 0) is 48.9 Å². The van der Waals surface area contributed by atoms with E-state index in [0.29, 0.717) is 17.0 Å². The Morgan fingerprint density at radius 3 is 2.45 bits per heavy atom. The van der Waals surface area contributed by atoms with Crippen molar-refractivity contribution in [1.82, 2.24) is 0 Å². The molecule has 0 radical (unpaired) electrons. The first kappa shape index (κ1) is 15.6. The summed E-state index contributed by atoms with van der Waals surface area (Å²) in [5.41, 5.74) is 2.07. The number of carbonyl (C=O) groups excluding carboxylic acids is 2. The first-order valence-electron chi connectivity index (χ1n) is 6.76. The van der Waals surface area contributed by atoms with E-state index in [9.17, 15) is 9.59 Å². The highest BCUT2D eigenvalue weighted by molar-refractivity contribution is 5.95. The van der Waals surface area contributed by atoms with Crippen molar-refractivity contribution in [2.45, 2.75) is 6.92 Å². The van der Waals surface area contributed by atoms with E-state index in [1.54, 1.807) is 37.4 Å². The molecule has 114 valence electrons. The summed E-state index contributed by atoms with van der Waals surface area (Å²) in [6.45, 7) is 1.60. The lowest BCUT2D eigenvalue weighted by Crippen LogP contribution is -2.20. The summed E-state index contributed by atoms with van der Waals surface area (Å²) in [5.74, 6) is -0.289. The topological polar surface area (TPSA) is 64.6 Å². The third-order valence-electron chi connectivity index (χ3n) is 2.96. The van der Waals surface area contributed by atoms with Crippen molar-refractivity contribution in [2.24, 2.45) is 0 Å². The highest BCUT2D eigenvalue weighted by atomic mass is 16.5. The van der Waals surface area contributed by atoms with Crippen LogP contribution in [0.3, 0.4) is 0 Å². The molecule has 2 rings (SSSR count). The second-order valence-corrected chi connectivity index (χ2v) is 4.72. The molecule has 0 unspecified atom stereocenters. The molecule has 0 aliphatic rings. The summed E-state index contributed by atoms with van der Waals surface area (Å²) in [4.78, 5) is 23.6. The molecule has 2 aromatic carbocycles. The fourth-order valence-electron chi connectivity index (χ4n) is 1.86. The number of hydrogen-bond acceptors (Lipinski definition) is 4. The molecule has 1 amide bonds. The van der Waals surface area contributed by atoms with Crippen molar-refractivity contribution in [1.29, 1.82) is 0 Å². The van der Waals surface area contributed by atoms with Crippen molar-refractivity contribution >= 4 is 17.6 Å². The van der Waals surface area contributed by atoms with E-state index in [0.717, 1.165) is 5.56 Å². The molecule has 0 fully saturated rings. The van der Waals surface area contributed by atoms with E-state index in [2.05, 4.69) is 5.32 Å². The highest BCUT2D eigenvalue weighted by Crippen LogP contribution is 2.12. The Bertz CT molecular complexity index is 665. The molecule has 5 nitrogen and oxygen atoms in total. The van der Waals surface area contributed by atoms with Gasteiger partial charge in [-0.3, -0.25) is 4.79 Å². The van der Waals surface area contributed by atoms with Gasteiger partial charge in [0.15, 0.2) is 6.61 Å². The number of esters is 1. The summed E-state index contributed by atoms with van der Waals surface area (Å²) in [6, 6.07) is 13.9. The van der Waals surface area contributed by atoms with Crippen LogP contribution in [0, 0.1) is 6.92 Å². The predicted octanol–water partition coefficient (Wildman–Crippen LogP) is 2.80. The molecule has 22 heavy (non-hydrogen) atoms. The van der Waals surface area contributed by atoms with Gasteiger partial charge in [-0.15, -0.1) is 0 Å². The van der Waals surface area contributed by atoms with Gasteiger partial charge in [0.05, 0.1) is 12.7 Å². The van der Waals surface area contributed by atoms with Crippen molar-refractivity contribution in [2.75, 3.05) is 19.0 Å². The number of methoxy groups -OCH3 is 1. The maximum absolute atomic E-state index is 11.8. The van der Waals surface area contributed by atoms with E-state index in [1.807, 2.05) is 25.1 Å². The predicted molar refractivity (Wildman–Crippen MR) is 83.1 cm³/mol. The van der Waals surface area contributed by atoms with Crippen LogP contribution in [0.5, 0.6) is 5.75 Å². The summed E-state index contributed by atoms with van der Waals surface area (Å²) < 4.78 is 9.98. The smallest absolute Gasteiger partial charge is 0.338 e. The average Bonchev–Trinajstić information content (AvgIpc) is 2.52. The molecular weight excluding hydrogens is 282 g/mol. The van der Waals surface area contributed by atoms with Crippen LogP contribution in [0.15, 0.2) is 48.5 Å². The van der Waals surface area contributed by atoms with Gasteiger partial charge in [-0.2, -0.15) is 0 Å². The Hall–Kier alpha value is -2.82. The number of carbonyl (C=O) groups is 2. The number of anilines is 1. The lowest BCUT2D eigenvalue weighted by molar-refractivity contribution is -0.119. The normalized spacial score (nSPS) is 9.91. The molecule has 0 spiro atoms. The molecule has 0 aliphatic carbocycles. The van der Waals surface area contributed by atoms with E-state index in [4.69, 9.17) is 9.47 Å². The van der Waals surface area contributed by atoms with Crippen LogP contribution in [-0.2, 0) is 9.53 Å². The van der Waals surface area contributed by atoms with Gasteiger partial charge in [-0.25, -0.2) is 4.79 Å². The van der Waals surface area contributed by atoms with Crippen molar-refractivity contribution < 1.29 is 19.1 Å². The third kappa shape index (κ3) is 4.34. The molecule has 5 heteroatoms. The van der Waals surface area contributed by atoms with E-state index >= 15 is 0 Å². The van der Waals surface area contributed by atoms with Crippen LogP contribution in [0.1, 0.15) is 15.9 Å². The Balaban J connectivity index is 1.86. The monoisotopic (exact) mass is 299 g/mol. The van der Waals surface area contributed by atoms with Gasteiger partial charge in [0.25, 0.3) is 5.91 Å². The second kappa shape index (κ2) is 7.26. The van der Waals surface area contributed by atoms with Gasteiger partial charge in [-0.1, -0.05) is 12.1 Å². The zero-order valence-corrected chi connectivity index (χ0v) is 12.5. The van der Waals surface area contributed by atoms with Crippen LogP contribution in [0.25, 0.3) is 0 Å². The zero-order chi connectivity index (χ0) is 15.9. The van der Waals surface area contributed by atoms with Gasteiger partial charge < -0.3 is 14.8 Å². The quantitative estimate of drug-likeness (QED) is 0.862. The molecule has 0 bridgehead atoms. The van der Waals surface area contributed by atoms with Crippen LogP contribution in [0.4, 0.5) is 5.69 Å². The van der Waals surface area contributed by atoms with E-state index in [1.165, 1.54) is 0 Å². The van der Waals surface area contributed by atoms with Crippen molar-refractivity contribution in [3.63, 3.8) is 0 Å². The molecular formula is C17H17NO4. The van der Waals surface area contributed by atoms with Crippen LogP contribution < -0.4 is 10.1 Å². The highest BCUT2D eigenvalue weighted by Gasteiger charge is 2.10. The summed E-state index contributed by atoms with van der Waals surface area (Å²) in [7, 11) is 1.54. The number of benzene rings is 2. The molecule has 0 aromatic heterocycles. The van der Waals surface area contributed by atoms with Gasteiger partial charge in [0.2, 0.25) is 0 Å². The first-order valence-corrected chi connectivity index (χ1v) is 6.76. The van der Waals surface area contributed by atoms with Crippen LogP contribution in [0.2, 0.25) is 0 Å². The Morgan fingerprint density at radius 1 is 1.09 bits per heavy atom. The second-order valence-electron chi connectivity index (χ2n) is 4.72. The Labute approximate surface area is 128 Å². The number of aryl methyl sites for hydroxylation is 1. The maximum atomic E-state index is 11.8. The van der Waals surface area contributed by atoms with Crippen LogP contribution >= 0.6 is 0 Å². The number of amides is 1. The largest absolute Gasteiger partial charge is 0.497 e. The number of nitrogens with one attached hydrogen (secondary N) is 1. The summed E-state index contributed by atoms with van der Waals surface area (Å²) in [5, 5.41) is 2.67. The molecule has 2 aromatic rings. The van der Waals surface area contributed by atoms with E-state index in [-0.39, 0.29) is 12.5 Å². The molecule has 0 atom stereocenters. The fourth-order valence-corrected chi connectivity index (χ4v) is 1.86. The minimum Gasteiger partial charge on any atom is -0.497 e. The zero-order valence-electron chi connectivity index (χ0n) is 12.5. The van der Waals surface area contributed by atoms with Gasteiger partial charge in [0.1, 0.15) is 5.75 Å². The standard InChI is InChI=1S/C17H17NO4/c1-12-4-3-5-14(10-12)18-16(19)11-22-17(20)13-6-8-15(21-2)9-7-13/h3-10H,11H2,1-2H3,(H,18,19). The summed E-state index contributed by atoms with van der Waals surface area (Å²) in [6.07, 6.45) is 0. The minimum absolute atomic E-state index is 0.335. The number of hydrogen-bond donors (Lipinski definition) is 1. The van der Waals surface area contributed by atoms with E-state index < -0.39 is 5.97 Å². The lowest BCUT2D eigenvalue weighted by atomic mass is 10.2. The van der Waals surface area contributed by atoms with Crippen molar-refractivity contribution in [3.8, 4) is 5.75 Å². The van der Waals surface area contributed by atoms with Gasteiger partial charge in [0, 0.05) is 5.69 Å². The molecule has 0 aliphatic heterocycles. The Kier molecular flexibility index (Phi) is 5.14. The van der Waals surface area contributed by atoms with Crippen molar-refractivity contribution in [3.05, 3.63) is 59.7 Å².